The van der Waals surface area contributed by atoms with Crippen molar-refractivity contribution in [2.75, 3.05) is 18.5 Å². The van der Waals surface area contributed by atoms with Gasteiger partial charge in [-0.25, -0.2) is 9.50 Å². The van der Waals surface area contributed by atoms with Crippen molar-refractivity contribution in [3.8, 4) is 0 Å². The number of nitrogens with one attached hydrogen (secondary N) is 1. The van der Waals surface area contributed by atoms with Gasteiger partial charge in [-0.15, -0.1) is 0 Å². The summed E-state index contributed by atoms with van der Waals surface area (Å²) in [5.41, 5.74) is 3.24. The summed E-state index contributed by atoms with van der Waals surface area (Å²) < 4.78 is 1.58. The molecule has 0 spiro atoms. The third-order valence-corrected chi connectivity index (χ3v) is 5.62. The van der Waals surface area contributed by atoms with Crippen LogP contribution in [-0.4, -0.2) is 43.0 Å². The van der Waals surface area contributed by atoms with Gasteiger partial charge in [0.2, 0.25) is 3.79 Å². The second kappa shape index (κ2) is 10.1. The van der Waals surface area contributed by atoms with Crippen LogP contribution in [0.4, 0.5) is 11.5 Å². The molecule has 3 rings (SSSR count). The minimum atomic E-state index is -0.0644. The zero-order valence-electron chi connectivity index (χ0n) is 17.1. The predicted octanol–water partition coefficient (Wildman–Crippen LogP) is 4.18. The summed E-state index contributed by atoms with van der Waals surface area (Å²) >= 11 is 1.78. The number of rotatable bonds is 10. The van der Waals surface area contributed by atoms with Crippen LogP contribution in [-0.2, 0) is 6.42 Å². The maximum atomic E-state index is 11.9. The van der Waals surface area contributed by atoms with E-state index in [2.05, 4.69) is 40.2 Å². The highest BCUT2D eigenvalue weighted by Gasteiger charge is 2.18. The van der Waals surface area contributed by atoms with Crippen molar-refractivity contribution in [3.63, 3.8) is 0 Å². The van der Waals surface area contributed by atoms with Gasteiger partial charge in [-0.1, -0.05) is 13.3 Å². The Kier molecular flexibility index (Phi) is 7.54. The van der Waals surface area contributed by atoms with E-state index in [-0.39, 0.29) is 3.79 Å². The van der Waals surface area contributed by atoms with Crippen LogP contribution in [0.25, 0.3) is 5.65 Å². The molecule has 0 aliphatic heterocycles. The Balaban J connectivity index is 2.02. The SMILES string of the molecule is CCCCN(c1ccn2ncc(C(=O)I)c2n1)c1cccnc1CCC(C)NC. The molecule has 8 heteroatoms. The van der Waals surface area contributed by atoms with E-state index >= 15 is 0 Å². The van der Waals surface area contributed by atoms with Crippen molar-refractivity contribution < 1.29 is 4.79 Å². The number of aryl methyl sites for hydroxylation is 1. The number of anilines is 2. The van der Waals surface area contributed by atoms with Crippen molar-refractivity contribution in [1.82, 2.24) is 24.9 Å². The van der Waals surface area contributed by atoms with E-state index in [1.54, 1.807) is 33.3 Å². The van der Waals surface area contributed by atoms with Gasteiger partial charge in [0.1, 0.15) is 5.82 Å². The van der Waals surface area contributed by atoms with Crippen LogP contribution in [0.3, 0.4) is 0 Å². The van der Waals surface area contributed by atoms with Gasteiger partial charge in [0.15, 0.2) is 5.65 Å². The van der Waals surface area contributed by atoms with E-state index in [1.807, 2.05) is 31.6 Å². The summed E-state index contributed by atoms with van der Waals surface area (Å²) in [6.45, 7) is 5.19. The number of hydrogen-bond acceptors (Lipinski definition) is 6. The van der Waals surface area contributed by atoms with E-state index in [4.69, 9.17) is 4.98 Å². The molecule has 3 aromatic heterocycles. The molecule has 0 saturated carbocycles. The van der Waals surface area contributed by atoms with Gasteiger partial charge >= 0.3 is 0 Å². The minimum absolute atomic E-state index is 0.0644. The van der Waals surface area contributed by atoms with Crippen LogP contribution in [0.1, 0.15) is 49.2 Å². The average Bonchev–Trinajstić information content (AvgIpc) is 3.16. The lowest BCUT2D eigenvalue weighted by Crippen LogP contribution is -2.24. The maximum Gasteiger partial charge on any atom is 0.227 e. The molecule has 1 unspecified atom stereocenters. The molecule has 1 N–H and O–H groups in total. The smallest absolute Gasteiger partial charge is 0.227 e. The van der Waals surface area contributed by atoms with E-state index in [1.165, 1.54) is 0 Å². The van der Waals surface area contributed by atoms with Gasteiger partial charge in [0, 0.05) is 47.6 Å². The summed E-state index contributed by atoms with van der Waals surface area (Å²) in [6, 6.07) is 6.45. The molecule has 7 nitrogen and oxygen atoms in total. The van der Waals surface area contributed by atoms with Crippen LogP contribution in [0.2, 0.25) is 0 Å². The lowest BCUT2D eigenvalue weighted by molar-refractivity contribution is 0.110. The number of carbonyl (C=O) groups is 1. The summed E-state index contributed by atoms with van der Waals surface area (Å²) in [7, 11) is 1.98. The number of halogens is 1. The Morgan fingerprint density at radius 1 is 1.38 bits per heavy atom. The second-order valence-electron chi connectivity index (χ2n) is 7.09. The zero-order valence-corrected chi connectivity index (χ0v) is 19.3. The van der Waals surface area contributed by atoms with Crippen molar-refractivity contribution in [3.05, 3.63) is 48.0 Å². The fraction of sp³-hybridized carbons (Fsp3) is 0.429. The molecule has 0 aliphatic carbocycles. The van der Waals surface area contributed by atoms with Gasteiger partial charge < -0.3 is 10.2 Å². The molecule has 3 aromatic rings. The van der Waals surface area contributed by atoms with E-state index in [0.29, 0.717) is 17.3 Å². The van der Waals surface area contributed by atoms with Gasteiger partial charge in [-0.05, 0) is 51.4 Å². The number of nitrogens with zero attached hydrogens (tertiary/aromatic N) is 5. The fourth-order valence-corrected chi connectivity index (χ4v) is 3.57. The Bertz CT molecular complexity index is 973. The molecular formula is C21H27IN6O. The summed E-state index contributed by atoms with van der Waals surface area (Å²) in [6.07, 6.45) is 9.28. The van der Waals surface area contributed by atoms with Crippen molar-refractivity contribution in [2.24, 2.45) is 0 Å². The van der Waals surface area contributed by atoms with Gasteiger partial charge in [0.25, 0.3) is 0 Å². The number of pyridine rings is 1. The second-order valence-corrected chi connectivity index (χ2v) is 8.07. The lowest BCUT2D eigenvalue weighted by atomic mass is 10.1. The Morgan fingerprint density at radius 2 is 2.21 bits per heavy atom. The average molecular weight is 506 g/mol. The summed E-state index contributed by atoms with van der Waals surface area (Å²) in [5.74, 6) is 0.807. The third kappa shape index (κ3) is 5.11. The zero-order chi connectivity index (χ0) is 20.8. The van der Waals surface area contributed by atoms with Crippen molar-refractivity contribution in [2.45, 2.75) is 45.6 Å². The molecule has 1 atom stereocenters. The van der Waals surface area contributed by atoms with E-state index < -0.39 is 0 Å². The van der Waals surface area contributed by atoms with Crippen molar-refractivity contribution >= 4 is 43.5 Å². The third-order valence-electron chi connectivity index (χ3n) is 5.04. The van der Waals surface area contributed by atoms with Gasteiger partial charge in [-0.3, -0.25) is 9.78 Å². The maximum absolute atomic E-state index is 11.9. The first-order chi connectivity index (χ1) is 14.0. The van der Waals surface area contributed by atoms with Gasteiger partial charge in [-0.2, -0.15) is 5.10 Å². The molecule has 0 saturated heterocycles. The first-order valence-corrected chi connectivity index (χ1v) is 11.1. The first-order valence-electron chi connectivity index (χ1n) is 9.98. The molecule has 0 fully saturated rings. The molecular weight excluding hydrogens is 479 g/mol. The van der Waals surface area contributed by atoms with Crippen LogP contribution < -0.4 is 10.2 Å². The first kappa shape index (κ1) is 21.6. The number of aromatic nitrogens is 4. The van der Waals surface area contributed by atoms with E-state index in [9.17, 15) is 4.79 Å². The highest BCUT2D eigenvalue weighted by atomic mass is 127. The molecule has 0 aliphatic rings. The molecule has 29 heavy (non-hydrogen) atoms. The Labute approximate surface area is 185 Å². The summed E-state index contributed by atoms with van der Waals surface area (Å²) in [4.78, 5) is 23.6. The number of hydrogen-bond donors (Lipinski definition) is 1. The predicted molar refractivity (Wildman–Crippen MR) is 124 cm³/mol. The molecule has 0 amide bonds. The van der Waals surface area contributed by atoms with Crippen LogP contribution >= 0.6 is 22.6 Å². The Hall–Kier alpha value is -2.07. The molecule has 0 bridgehead atoms. The van der Waals surface area contributed by atoms with E-state index in [0.717, 1.165) is 49.4 Å². The fourth-order valence-electron chi connectivity index (χ4n) is 3.19. The number of fused-ring (bicyclic) bond motifs is 1. The quantitative estimate of drug-likeness (QED) is 0.329. The largest absolute Gasteiger partial charge is 0.325 e. The number of unbranched alkanes of at least 4 members (excludes halogenated alkanes) is 1. The molecule has 154 valence electrons. The van der Waals surface area contributed by atoms with Crippen LogP contribution in [0, 0.1) is 0 Å². The minimum Gasteiger partial charge on any atom is -0.325 e. The normalized spacial score (nSPS) is 12.3. The summed E-state index contributed by atoms with van der Waals surface area (Å²) in [5, 5.41) is 7.53. The molecule has 0 radical (unpaired) electrons. The highest BCUT2D eigenvalue weighted by Crippen LogP contribution is 2.28. The van der Waals surface area contributed by atoms with Gasteiger partial charge in [0.05, 0.1) is 23.1 Å². The molecule has 0 aromatic carbocycles. The lowest BCUT2D eigenvalue weighted by Gasteiger charge is -2.26. The monoisotopic (exact) mass is 506 g/mol. The van der Waals surface area contributed by atoms with Crippen molar-refractivity contribution in [1.29, 1.82) is 0 Å². The standard InChI is InChI=1S/C21H27IN6O/c1-4-5-12-27(18-7-6-11-24-17(18)9-8-15(2)23-3)19-10-13-28-21(26-19)16(14-25-28)20(22)29/h6-7,10-11,13-15,23H,4-5,8-9,12H2,1-3H3. The number of carbonyl (C=O) groups excluding carboxylic acids is 1. The molecule has 3 heterocycles. The van der Waals surface area contributed by atoms with Crippen LogP contribution in [0.5, 0.6) is 0 Å². The highest BCUT2D eigenvalue weighted by molar-refractivity contribution is 14.1. The Morgan fingerprint density at radius 3 is 2.93 bits per heavy atom. The van der Waals surface area contributed by atoms with Crippen LogP contribution in [0.15, 0.2) is 36.8 Å². The topological polar surface area (TPSA) is 75.4 Å².